The third-order valence-corrected chi connectivity index (χ3v) is 8.05. The largest absolute Gasteiger partial charge is 0.292 e. The highest BCUT2D eigenvalue weighted by Gasteiger charge is 2.21. The Labute approximate surface area is 237 Å². The molecule has 0 amide bonds. The number of hydrogen-bond donors (Lipinski definition) is 0. The Morgan fingerprint density at radius 3 is 1.08 bits per heavy atom. The summed E-state index contributed by atoms with van der Waals surface area (Å²) in [6.45, 7) is 11.8. The maximum Gasteiger partial charge on any atom is 0.0601 e. The van der Waals surface area contributed by atoms with Gasteiger partial charge < -0.3 is 0 Å². The average Bonchev–Trinajstić information content (AvgIpc) is 2.91. The number of rotatable bonds is 23. The first-order valence-corrected chi connectivity index (χ1v) is 16.4. The first-order chi connectivity index (χ1) is 18.6. The lowest BCUT2D eigenvalue weighted by Gasteiger charge is -2.33. The molecule has 0 aromatic heterocycles. The van der Waals surface area contributed by atoms with E-state index < -0.39 is 0 Å². The van der Waals surface area contributed by atoms with Crippen molar-refractivity contribution in [1.82, 2.24) is 4.90 Å². The van der Waals surface area contributed by atoms with Crippen LogP contribution in [0.3, 0.4) is 0 Å². The number of benzene rings is 2. The molecule has 0 fully saturated rings. The summed E-state index contributed by atoms with van der Waals surface area (Å²) in [5.41, 5.74) is 2.88. The van der Waals surface area contributed by atoms with Crippen LogP contribution in [0.25, 0.3) is 0 Å². The van der Waals surface area contributed by atoms with Crippen LogP contribution in [-0.2, 0) is 0 Å². The van der Waals surface area contributed by atoms with E-state index in [1.54, 1.807) is 0 Å². The van der Waals surface area contributed by atoms with Crippen LogP contribution in [-0.4, -0.2) is 18.0 Å². The van der Waals surface area contributed by atoms with Gasteiger partial charge in [-0.2, -0.15) is 0 Å². The molecule has 0 saturated carbocycles. The van der Waals surface area contributed by atoms with E-state index in [0.29, 0.717) is 6.04 Å². The van der Waals surface area contributed by atoms with E-state index in [9.17, 15) is 0 Å². The Morgan fingerprint density at radius 1 is 0.421 bits per heavy atom. The van der Waals surface area contributed by atoms with Crippen LogP contribution in [0.5, 0.6) is 0 Å². The zero-order valence-corrected chi connectivity index (χ0v) is 25.7. The quantitative estimate of drug-likeness (QED) is 0.132. The normalized spacial score (nSPS) is 11.9. The molecule has 0 bridgehead atoms. The maximum absolute atomic E-state index is 2.80. The van der Waals surface area contributed by atoms with E-state index in [1.165, 1.54) is 127 Å². The summed E-state index contributed by atoms with van der Waals surface area (Å²) in [4.78, 5) is 2.80. The minimum Gasteiger partial charge on any atom is -0.292 e. The lowest BCUT2D eigenvalue weighted by Crippen LogP contribution is -2.31. The fraction of sp³-hybridized carbons (Fsp3) is 0.676. The molecule has 1 nitrogen and oxygen atoms in total. The summed E-state index contributed by atoms with van der Waals surface area (Å²) in [6.07, 6.45) is 22.3. The molecule has 0 radical (unpaired) electrons. The molecule has 0 aliphatic carbocycles. The molecule has 2 aromatic rings. The van der Waals surface area contributed by atoms with Gasteiger partial charge in [0.05, 0.1) is 6.04 Å². The lowest BCUT2D eigenvalue weighted by atomic mass is 9.96. The molecule has 214 valence electrons. The minimum atomic E-state index is 0.365. The van der Waals surface area contributed by atoms with Crippen LogP contribution in [0.15, 0.2) is 60.7 Å². The van der Waals surface area contributed by atoms with Crippen molar-refractivity contribution in [2.75, 3.05) is 13.1 Å². The molecule has 1 heteroatoms. The molecule has 0 aliphatic heterocycles. The third-order valence-electron chi connectivity index (χ3n) is 8.05. The molecular weight excluding hydrogens is 458 g/mol. The van der Waals surface area contributed by atoms with Crippen molar-refractivity contribution in [2.45, 2.75) is 136 Å². The van der Waals surface area contributed by atoms with Crippen LogP contribution in [0.4, 0.5) is 0 Å². The zero-order valence-electron chi connectivity index (χ0n) is 25.7. The van der Waals surface area contributed by atoms with E-state index in [4.69, 9.17) is 0 Å². The molecule has 0 unspecified atom stereocenters. The monoisotopic (exact) mass is 519 g/mol. The van der Waals surface area contributed by atoms with Gasteiger partial charge in [-0.1, -0.05) is 178 Å². The van der Waals surface area contributed by atoms with E-state index in [2.05, 4.69) is 93.3 Å². The number of nitrogens with zero attached hydrogens (tertiary/aromatic N) is 1. The molecule has 38 heavy (non-hydrogen) atoms. The lowest BCUT2D eigenvalue weighted by molar-refractivity contribution is 0.214. The fourth-order valence-corrected chi connectivity index (χ4v) is 5.76. The first kappa shape index (κ1) is 32.6. The second-order valence-corrected chi connectivity index (χ2v) is 12.6. The standard InChI is InChI=1S/C37H61N/c1-33(2)25-17-11-7-5-9-13-23-31-38(32-24-14-10-6-8-12-18-26-34(3)4)37(35-27-19-15-20-28-35)36-29-21-16-22-30-36/h15-16,19-22,27-30,33-34,37H,5-14,17-18,23-26,31-32H2,1-4H3. The molecule has 0 N–H and O–H groups in total. The van der Waals surface area contributed by atoms with E-state index >= 15 is 0 Å². The summed E-state index contributed by atoms with van der Waals surface area (Å²) in [5, 5.41) is 0. The van der Waals surface area contributed by atoms with Crippen LogP contribution >= 0.6 is 0 Å². The van der Waals surface area contributed by atoms with Gasteiger partial charge in [-0.25, -0.2) is 0 Å². The molecule has 0 atom stereocenters. The highest BCUT2D eigenvalue weighted by molar-refractivity contribution is 5.31. The highest BCUT2D eigenvalue weighted by atomic mass is 15.2. The van der Waals surface area contributed by atoms with E-state index in [1.807, 2.05) is 0 Å². The zero-order chi connectivity index (χ0) is 27.3. The van der Waals surface area contributed by atoms with Gasteiger partial charge in [0.15, 0.2) is 0 Å². The Bertz CT molecular complexity index is 700. The predicted octanol–water partition coefficient (Wildman–Crippen LogP) is 11.6. The summed E-state index contributed by atoms with van der Waals surface area (Å²) < 4.78 is 0. The van der Waals surface area contributed by atoms with Crippen molar-refractivity contribution in [1.29, 1.82) is 0 Å². The van der Waals surface area contributed by atoms with Crippen molar-refractivity contribution in [3.8, 4) is 0 Å². The molecular formula is C37H61N. The average molecular weight is 520 g/mol. The van der Waals surface area contributed by atoms with Gasteiger partial charge in [0, 0.05) is 0 Å². The van der Waals surface area contributed by atoms with E-state index in [0.717, 1.165) is 11.8 Å². The van der Waals surface area contributed by atoms with Gasteiger partial charge in [-0.15, -0.1) is 0 Å². The van der Waals surface area contributed by atoms with Crippen LogP contribution in [0, 0.1) is 11.8 Å². The molecule has 2 aromatic carbocycles. The molecule has 0 aliphatic rings. The second kappa shape index (κ2) is 21.2. The van der Waals surface area contributed by atoms with Crippen molar-refractivity contribution in [3.05, 3.63) is 71.8 Å². The third kappa shape index (κ3) is 15.1. The van der Waals surface area contributed by atoms with Crippen LogP contribution in [0.2, 0.25) is 0 Å². The topological polar surface area (TPSA) is 3.24 Å². The smallest absolute Gasteiger partial charge is 0.0601 e. The van der Waals surface area contributed by atoms with Gasteiger partial charge in [-0.3, -0.25) is 4.90 Å². The van der Waals surface area contributed by atoms with Gasteiger partial charge in [0.25, 0.3) is 0 Å². The number of hydrogen-bond acceptors (Lipinski definition) is 1. The van der Waals surface area contributed by atoms with Crippen molar-refractivity contribution >= 4 is 0 Å². The van der Waals surface area contributed by atoms with Gasteiger partial charge >= 0.3 is 0 Å². The Kier molecular flexibility index (Phi) is 18.2. The van der Waals surface area contributed by atoms with Crippen molar-refractivity contribution < 1.29 is 0 Å². The predicted molar refractivity (Wildman–Crippen MR) is 170 cm³/mol. The SMILES string of the molecule is CC(C)CCCCCCCCCN(CCCCCCCCCC(C)C)C(c1ccccc1)c1ccccc1. The van der Waals surface area contributed by atoms with Crippen LogP contribution < -0.4 is 0 Å². The van der Waals surface area contributed by atoms with Gasteiger partial charge in [0.1, 0.15) is 0 Å². The van der Waals surface area contributed by atoms with Gasteiger partial charge in [-0.05, 0) is 48.9 Å². The van der Waals surface area contributed by atoms with Gasteiger partial charge in [0.2, 0.25) is 0 Å². The Hall–Kier alpha value is -1.60. The summed E-state index contributed by atoms with van der Waals surface area (Å²) in [6, 6.07) is 22.8. The molecule has 0 spiro atoms. The van der Waals surface area contributed by atoms with Crippen LogP contribution in [0.1, 0.15) is 148 Å². The number of unbranched alkanes of at least 4 members (excludes halogenated alkanes) is 12. The molecule has 0 heterocycles. The second-order valence-electron chi connectivity index (χ2n) is 12.6. The van der Waals surface area contributed by atoms with Crippen molar-refractivity contribution in [3.63, 3.8) is 0 Å². The highest BCUT2D eigenvalue weighted by Crippen LogP contribution is 2.29. The Morgan fingerprint density at radius 2 is 0.737 bits per heavy atom. The minimum absolute atomic E-state index is 0.365. The Balaban J connectivity index is 1.85. The summed E-state index contributed by atoms with van der Waals surface area (Å²) in [5.74, 6) is 1.72. The van der Waals surface area contributed by atoms with Crippen molar-refractivity contribution in [2.24, 2.45) is 11.8 Å². The van der Waals surface area contributed by atoms with E-state index in [-0.39, 0.29) is 0 Å². The summed E-state index contributed by atoms with van der Waals surface area (Å²) in [7, 11) is 0. The molecule has 0 saturated heterocycles. The maximum atomic E-state index is 2.80. The fourth-order valence-electron chi connectivity index (χ4n) is 5.76. The first-order valence-electron chi connectivity index (χ1n) is 16.4. The molecule has 2 rings (SSSR count). The summed E-state index contributed by atoms with van der Waals surface area (Å²) >= 11 is 0.